The van der Waals surface area contributed by atoms with Crippen LogP contribution in [0.15, 0.2) is 35.2 Å². The Balaban J connectivity index is 0.000000181. The highest BCUT2D eigenvalue weighted by Gasteiger charge is 1.97. The van der Waals surface area contributed by atoms with E-state index in [9.17, 15) is 13.0 Å². The van der Waals surface area contributed by atoms with Gasteiger partial charge in [0, 0.05) is 11.5 Å². The number of hydrogen-bond acceptors (Lipinski definition) is 4. The highest BCUT2D eigenvalue weighted by atomic mass is 32.2. The van der Waals surface area contributed by atoms with E-state index in [4.69, 9.17) is 0 Å². The van der Waals surface area contributed by atoms with Crippen molar-refractivity contribution >= 4 is 21.9 Å². The summed E-state index contributed by atoms with van der Waals surface area (Å²) in [6.45, 7) is 2.68. The fourth-order valence-electron chi connectivity index (χ4n) is 1.17. The Morgan fingerprint density at radius 2 is 1.69 bits per heavy atom. The standard InChI is InChI=1S/C6H6O3S.C4H9NS/c7-10(8,9)6-4-2-1-3-5-6;1-3-6-4-2-5-1/h1-5H,(H,7,8,9);5H,1-4H2. The molecule has 90 valence electrons. The third-order valence-corrected chi connectivity index (χ3v) is 3.86. The molecule has 2 N–H and O–H groups in total. The van der Waals surface area contributed by atoms with E-state index in [0.717, 1.165) is 0 Å². The summed E-state index contributed by atoms with van der Waals surface area (Å²) >= 11 is 2.06. The molecular formula is C10H15NO3S2. The molecule has 0 unspecified atom stereocenters. The fourth-order valence-corrected chi connectivity index (χ4v) is 2.53. The SMILES string of the molecule is C1CSCC[NH2+]1.O=S(=O)([O-])c1ccccc1. The largest absolute Gasteiger partial charge is 0.744 e. The van der Waals surface area contributed by atoms with Crippen LogP contribution in [0.25, 0.3) is 0 Å². The van der Waals surface area contributed by atoms with Crippen LogP contribution < -0.4 is 5.32 Å². The number of rotatable bonds is 1. The topological polar surface area (TPSA) is 73.8 Å². The summed E-state index contributed by atoms with van der Waals surface area (Å²) < 4.78 is 30.8. The summed E-state index contributed by atoms with van der Waals surface area (Å²) in [7, 11) is -4.25. The highest BCUT2D eigenvalue weighted by molar-refractivity contribution is 7.99. The molecule has 0 amide bonds. The average molecular weight is 261 g/mol. The number of thioether (sulfide) groups is 1. The second-order valence-corrected chi connectivity index (χ2v) is 5.85. The molecule has 1 aromatic carbocycles. The van der Waals surface area contributed by atoms with Crippen molar-refractivity contribution in [3.05, 3.63) is 30.3 Å². The van der Waals surface area contributed by atoms with E-state index in [-0.39, 0.29) is 4.90 Å². The first kappa shape index (κ1) is 13.5. The molecule has 0 atom stereocenters. The molecule has 1 heterocycles. The van der Waals surface area contributed by atoms with Crippen LogP contribution in [0, 0.1) is 0 Å². The molecule has 0 aromatic heterocycles. The normalized spacial score (nSPS) is 16.1. The van der Waals surface area contributed by atoms with Crippen LogP contribution in [0.1, 0.15) is 0 Å². The van der Waals surface area contributed by atoms with E-state index in [1.165, 1.54) is 48.9 Å². The van der Waals surface area contributed by atoms with Gasteiger partial charge in [-0.05, 0) is 12.1 Å². The zero-order valence-corrected chi connectivity index (χ0v) is 10.5. The van der Waals surface area contributed by atoms with Crippen molar-refractivity contribution in [3.8, 4) is 0 Å². The maximum absolute atomic E-state index is 10.3. The summed E-state index contributed by atoms with van der Waals surface area (Å²) in [5, 5.41) is 2.37. The minimum Gasteiger partial charge on any atom is -0.744 e. The predicted octanol–water partition coefficient (Wildman–Crippen LogP) is -0.113. The molecule has 1 saturated heterocycles. The van der Waals surface area contributed by atoms with E-state index in [1.54, 1.807) is 6.07 Å². The first-order chi connectivity index (χ1) is 7.61. The lowest BCUT2D eigenvalue weighted by atomic mass is 10.4. The van der Waals surface area contributed by atoms with Crippen molar-refractivity contribution in [1.29, 1.82) is 0 Å². The van der Waals surface area contributed by atoms with Crippen LogP contribution in [0.3, 0.4) is 0 Å². The lowest BCUT2D eigenvalue weighted by molar-refractivity contribution is -0.648. The summed E-state index contributed by atoms with van der Waals surface area (Å²) in [6, 6.07) is 7.19. The van der Waals surface area contributed by atoms with Gasteiger partial charge in [-0.15, -0.1) is 0 Å². The van der Waals surface area contributed by atoms with Crippen LogP contribution in [-0.4, -0.2) is 37.6 Å². The Morgan fingerprint density at radius 3 is 1.94 bits per heavy atom. The maximum Gasteiger partial charge on any atom is 0.124 e. The lowest BCUT2D eigenvalue weighted by Gasteiger charge is -2.05. The fraction of sp³-hybridized carbons (Fsp3) is 0.400. The molecule has 1 aromatic rings. The Labute approximate surface area is 100 Å². The number of benzene rings is 1. The third kappa shape index (κ3) is 5.50. The minimum absolute atomic E-state index is 0.185. The maximum atomic E-state index is 10.3. The van der Waals surface area contributed by atoms with Gasteiger partial charge in [-0.25, -0.2) is 8.42 Å². The summed E-state index contributed by atoms with van der Waals surface area (Å²) in [6.07, 6.45) is 0. The van der Waals surface area contributed by atoms with E-state index in [2.05, 4.69) is 17.1 Å². The molecule has 2 rings (SSSR count). The number of nitrogens with two attached hydrogens (primary N) is 1. The number of quaternary nitrogens is 1. The van der Waals surface area contributed by atoms with Crippen molar-refractivity contribution in [2.75, 3.05) is 24.6 Å². The molecule has 0 saturated carbocycles. The van der Waals surface area contributed by atoms with Gasteiger partial charge < -0.3 is 9.87 Å². The third-order valence-electron chi connectivity index (χ3n) is 1.96. The molecule has 1 fully saturated rings. The molecule has 6 heteroatoms. The Bertz CT molecular complexity index is 376. The smallest absolute Gasteiger partial charge is 0.124 e. The molecule has 0 radical (unpaired) electrons. The van der Waals surface area contributed by atoms with Crippen molar-refractivity contribution in [2.45, 2.75) is 4.90 Å². The second-order valence-electron chi connectivity index (χ2n) is 3.25. The van der Waals surface area contributed by atoms with Crippen molar-refractivity contribution in [2.24, 2.45) is 0 Å². The second kappa shape index (κ2) is 6.90. The van der Waals surface area contributed by atoms with Gasteiger partial charge in [0.05, 0.1) is 18.0 Å². The molecule has 4 nitrogen and oxygen atoms in total. The van der Waals surface area contributed by atoms with E-state index >= 15 is 0 Å². The van der Waals surface area contributed by atoms with E-state index < -0.39 is 10.1 Å². The molecule has 0 spiro atoms. The first-order valence-electron chi connectivity index (χ1n) is 5.01. The first-order valence-corrected chi connectivity index (χ1v) is 7.57. The van der Waals surface area contributed by atoms with Gasteiger partial charge in [-0.1, -0.05) is 18.2 Å². The number of hydrogen-bond donors (Lipinski definition) is 1. The summed E-state index contributed by atoms with van der Waals surface area (Å²) in [4.78, 5) is -0.185. The average Bonchev–Trinajstić information content (AvgIpc) is 2.32. The van der Waals surface area contributed by atoms with Gasteiger partial charge in [-0.3, -0.25) is 0 Å². The minimum atomic E-state index is -4.25. The molecular weight excluding hydrogens is 246 g/mol. The van der Waals surface area contributed by atoms with Crippen LogP contribution in [0.5, 0.6) is 0 Å². The summed E-state index contributed by atoms with van der Waals surface area (Å²) in [5.41, 5.74) is 0. The zero-order valence-electron chi connectivity index (χ0n) is 8.83. The van der Waals surface area contributed by atoms with Crippen molar-refractivity contribution < 1.29 is 18.3 Å². The Kier molecular flexibility index (Phi) is 5.83. The predicted molar refractivity (Wildman–Crippen MR) is 63.4 cm³/mol. The van der Waals surface area contributed by atoms with Gasteiger partial charge in [-0.2, -0.15) is 11.8 Å². The monoisotopic (exact) mass is 261 g/mol. The highest BCUT2D eigenvalue weighted by Crippen LogP contribution is 2.04. The Hall–Kier alpha value is -0.560. The van der Waals surface area contributed by atoms with E-state index in [1.807, 2.05) is 0 Å². The molecule has 1 aliphatic heterocycles. The van der Waals surface area contributed by atoms with Crippen LogP contribution in [0.2, 0.25) is 0 Å². The van der Waals surface area contributed by atoms with Crippen LogP contribution in [-0.2, 0) is 10.1 Å². The molecule has 0 aliphatic carbocycles. The van der Waals surface area contributed by atoms with Gasteiger partial charge >= 0.3 is 0 Å². The molecule has 1 aliphatic rings. The van der Waals surface area contributed by atoms with Gasteiger partial charge in [0.15, 0.2) is 0 Å². The molecule has 0 bridgehead atoms. The quantitative estimate of drug-likeness (QED) is 0.716. The van der Waals surface area contributed by atoms with Crippen LogP contribution in [0.4, 0.5) is 0 Å². The summed E-state index contributed by atoms with van der Waals surface area (Å²) in [5.74, 6) is 2.72. The lowest BCUT2D eigenvalue weighted by Crippen LogP contribution is -2.86. The molecule has 16 heavy (non-hydrogen) atoms. The van der Waals surface area contributed by atoms with Crippen LogP contribution >= 0.6 is 11.8 Å². The van der Waals surface area contributed by atoms with Gasteiger partial charge in [0.1, 0.15) is 10.1 Å². The van der Waals surface area contributed by atoms with Gasteiger partial charge in [0.2, 0.25) is 0 Å². The van der Waals surface area contributed by atoms with Crippen molar-refractivity contribution in [1.82, 2.24) is 0 Å². The zero-order chi connectivity index (χ0) is 11.9. The van der Waals surface area contributed by atoms with Crippen molar-refractivity contribution in [3.63, 3.8) is 0 Å². The Morgan fingerprint density at radius 1 is 1.12 bits per heavy atom. The van der Waals surface area contributed by atoms with E-state index in [0.29, 0.717) is 0 Å². The van der Waals surface area contributed by atoms with Gasteiger partial charge in [0.25, 0.3) is 0 Å².